The molecule has 0 spiro atoms. The summed E-state index contributed by atoms with van der Waals surface area (Å²) in [5.41, 5.74) is 10.1. The number of benzene rings is 1. The topological polar surface area (TPSA) is 51.3 Å². The van der Waals surface area contributed by atoms with Gasteiger partial charge in [0, 0.05) is 30.5 Å². The molecule has 1 aliphatic heterocycles. The second-order valence-corrected chi connectivity index (χ2v) is 6.54. The lowest BCUT2D eigenvalue weighted by Gasteiger charge is -2.20. The molecule has 1 aromatic carbocycles. The Morgan fingerprint density at radius 2 is 1.96 bits per heavy atom. The van der Waals surface area contributed by atoms with Crippen molar-refractivity contribution in [3.63, 3.8) is 0 Å². The summed E-state index contributed by atoms with van der Waals surface area (Å²) in [5, 5.41) is 0. The van der Waals surface area contributed by atoms with Gasteiger partial charge in [-0.15, -0.1) is 0 Å². The maximum atomic E-state index is 12.8. The summed E-state index contributed by atoms with van der Waals surface area (Å²) < 4.78 is 2.25. The summed E-state index contributed by atoms with van der Waals surface area (Å²) in [4.78, 5) is 14.7. The molecule has 1 amide bonds. The van der Waals surface area contributed by atoms with Crippen LogP contribution in [0.3, 0.4) is 0 Å². The Hall–Kier alpha value is -2.07. The third kappa shape index (κ3) is 2.91. The Bertz CT molecular complexity index is 705. The van der Waals surface area contributed by atoms with E-state index < -0.39 is 0 Å². The number of amides is 1. The van der Waals surface area contributed by atoms with Crippen LogP contribution in [0, 0.1) is 13.8 Å². The quantitative estimate of drug-likeness (QED) is 0.947. The van der Waals surface area contributed by atoms with Crippen LogP contribution in [0.15, 0.2) is 36.4 Å². The Balaban J connectivity index is 1.92. The molecule has 2 heterocycles. The first-order chi connectivity index (χ1) is 11.0. The van der Waals surface area contributed by atoms with Crippen LogP contribution in [0.2, 0.25) is 0 Å². The van der Waals surface area contributed by atoms with Crippen molar-refractivity contribution in [1.29, 1.82) is 0 Å². The number of hydrogen-bond donors (Lipinski definition) is 1. The highest BCUT2D eigenvalue weighted by Gasteiger charge is 2.28. The molecule has 4 nitrogen and oxygen atoms in total. The van der Waals surface area contributed by atoms with Crippen LogP contribution >= 0.6 is 0 Å². The Labute approximate surface area is 137 Å². The second-order valence-electron chi connectivity index (χ2n) is 6.54. The van der Waals surface area contributed by atoms with Crippen molar-refractivity contribution >= 4 is 5.91 Å². The van der Waals surface area contributed by atoms with E-state index in [-0.39, 0.29) is 18.0 Å². The molecule has 1 saturated heterocycles. The van der Waals surface area contributed by atoms with Gasteiger partial charge in [0.2, 0.25) is 0 Å². The van der Waals surface area contributed by atoms with Gasteiger partial charge in [-0.1, -0.05) is 30.3 Å². The normalized spacial score (nSPS) is 19.1. The fraction of sp³-hybridized carbons (Fsp3) is 0.421. The van der Waals surface area contributed by atoms with Crippen LogP contribution in [0.5, 0.6) is 0 Å². The van der Waals surface area contributed by atoms with Gasteiger partial charge in [0.25, 0.3) is 5.91 Å². The van der Waals surface area contributed by atoms with Crippen molar-refractivity contribution in [2.45, 2.75) is 39.3 Å². The molecule has 23 heavy (non-hydrogen) atoms. The van der Waals surface area contributed by atoms with Crippen LogP contribution < -0.4 is 5.73 Å². The van der Waals surface area contributed by atoms with Gasteiger partial charge in [-0.25, -0.2) is 0 Å². The number of carbonyl (C=O) groups excluding carboxylic acids is 1. The van der Waals surface area contributed by atoms with E-state index in [0.29, 0.717) is 6.54 Å². The molecule has 2 aromatic rings. The minimum atomic E-state index is 0.109. The molecule has 0 saturated carbocycles. The van der Waals surface area contributed by atoms with E-state index in [2.05, 4.69) is 42.7 Å². The van der Waals surface area contributed by atoms with Crippen LogP contribution in [-0.4, -0.2) is 34.5 Å². The molecule has 0 bridgehead atoms. The average Bonchev–Trinajstić information content (AvgIpc) is 3.10. The lowest BCUT2D eigenvalue weighted by atomic mass is 10.1. The Morgan fingerprint density at radius 1 is 1.26 bits per heavy atom. The summed E-state index contributed by atoms with van der Waals surface area (Å²) in [5.74, 6) is 0.109. The molecule has 1 aromatic heterocycles. The van der Waals surface area contributed by atoms with Gasteiger partial charge >= 0.3 is 0 Å². The lowest BCUT2D eigenvalue weighted by Crippen LogP contribution is -2.32. The monoisotopic (exact) mass is 311 g/mol. The highest BCUT2D eigenvalue weighted by molar-refractivity contribution is 5.96. The molecule has 2 atom stereocenters. The number of aromatic nitrogens is 1. The first-order valence-corrected chi connectivity index (χ1v) is 8.27. The molecule has 4 heteroatoms. The number of nitrogens with two attached hydrogens (primary N) is 1. The Morgan fingerprint density at radius 3 is 2.57 bits per heavy atom. The molecular weight excluding hydrogens is 286 g/mol. The molecule has 2 N–H and O–H groups in total. The fourth-order valence-corrected chi connectivity index (χ4v) is 3.61. The van der Waals surface area contributed by atoms with E-state index in [0.717, 1.165) is 29.9 Å². The smallest absolute Gasteiger partial charge is 0.255 e. The first kappa shape index (κ1) is 15.8. The fourth-order valence-electron chi connectivity index (χ4n) is 3.61. The van der Waals surface area contributed by atoms with E-state index >= 15 is 0 Å². The summed E-state index contributed by atoms with van der Waals surface area (Å²) in [7, 11) is 0. The lowest BCUT2D eigenvalue weighted by molar-refractivity contribution is 0.0790. The molecule has 3 rings (SSSR count). The van der Waals surface area contributed by atoms with Crippen molar-refractivity contribution in [3.8, 4) is 0 Å². The van der Waals surface area contributed by atoms with E-state index in [9.17, 15) is 4.79 Å². The predicted molar refractivity (Wildman–Crippen MR) is 92.7 cm³/mol. The van der Waals surface area contributed by atoms with Crippen LogP contribution in [0.25, 0.3) is 0 Å². The van der Waals surface area contributed by atoms with Gasteiger partial charge in [-0.05, 0) is 38.8 Å². The third-order valence-electron chi connectivity index (χ3n) is 4.90. The van der Waals surface area contributed by atoms with Gasteiger partial charge in [0.05, 0.1) is 11.6 Å². The number of hydrogen-bond acceptors (Lipinski definition) is 2. The van der Waals surface area contributed by atoms with Gasteiger partial charge in [0.15, 0.2) is 0 Å². The SMILES string of the molecule is Cc1cc(C(=O)N2CC[C@@H](N)C2)c(C)n1C(C)c1ccccc1. The summed E-state index contributed by atoms with van der Waals surface area (Å²) in [6, 6.07) is 12.7. The predicted octanol–water partition coefficient (Wildman–Crippen LogP) is 2.89. The maximum absolute atomic E-state index is 12.8. The standard InChI is InChI=1S/C19H25N3O/c1-13-11-18(19(23)21-10-9-17(20)12-21)15(3)22(13)14(2)16-7-5-4-6-8-16/h4-8,11,14,17H,9-10,12,20H2,1-3H3/t14?,17-/m1/s1. The summed E-state index contributed by atoms with van der Waals surface area (Å²) in [6.45, 7) is 7.71. The molecule has 1 unspecified atom stereocenters. The van der Waals surface area contributed by atoms with Crippen molar-refractivity contribution in [1.82, 2.24) is 9.47 Å². The van der Waals surface area contributed by atoms with E-state index in [1.54, 1.807) is 0 Å². The molecule has 1 fully saturated rings. The van der Waals surface area contributed by atoms with Crippen molar-refractivity contribution < 1.29 is 4.79 Å². The zero-order valence-electron chi connectivity index (χ0n) is 14.1. The van der Waals surface area contributed by atoms with Crippen LogP contribution in [0.4, 0.5) is 0 Å². The molecule has 1 aliphatic rings. The highest BCUT2D eigenvalue weighted by Crippen LogP contribution is 2.26. The highest BCUT2D eigenvalue weighted by atomic mass is 16.2. The van der Waals surface area contributed by atoms with Gasteiger partial charge in [-0.2, -0.15) is 0 Å². The molecule has 0 radical (unpaired) electrons. The van der Waals surface area contributed by atoms with Gasteiger partial charge < -0.3 is 15.2 Å². The summed E-state index contributed by atoms with van der Waals surface area (Å²) >= 11 is 0. The average molecular weight is 311 g/mol. The maximum Gasteiger partial charge on any atom is 0.255 e. The van der Waals surface area contributed by atoms with Crippen LogP contribution in [0.1, 0.15) is 46.7 Å². The zero-order valence-corrected chi connectivity index (χ0v) is 14.1. The minimum absolute atomic E-state index is 0.109. The minimum Gasteiger partial charge on any atom is -0.341 e. The summed E-state index contributed by atoms with van der Waals surface area (Å²) in [6.07, 6.45) is 0.894. The Kier molecular flexibility index (Phi) is 4.26. The van der Waals surface area contributed by atoms with E-state index in [1.807, 2.05) is 24.0 Å². The van der Waals surface area contributed by atoms with E-state index in [1.165, 1.54) is 5.56 Å². The molecular formula is C19H25N3O. The van der Waals surface area contributed by atoms with Crippen molar-refractivity contribution in [3.05, 3.63) is 58.9 Å². The van der Waals surface area contributed by atoms with Gasteiger partial charge in [-0.3, -0.25) is 4.79 Å². The second kappa shape index (κ2) is 6.20. The number of nitrogens with zero attached hydrogens (tertiary/aromatic N) is 2. The number of rotatable bonds is 3. The van der Waals surface area contributed by atoms with Crippen molar-refractivity contribution in [2.24, 2.45) is 5.73 Å². The van der Waals surface area contributed by atoms with Crippen LogP contribution in [-0.2, 0) is 0 Å². The third-order valence-corrected chi connectivity index (χ3v) is 4.90. The number of likely N-dealkylation sites (tertiary alicyclic amines) is 1. The molecule has 0 aliphatic carbocycles. The van der Waals surface area contributed by atoms with E-state index in [4.69, 9.17) is 5.73 Å². The zero-order chi connectivity index (χ0) is 16.6. The molecule has 122 valence electrons. The van der Waals surface area contributed by atoms with Gasteiger partial charge in [0.1, 0.15) is 0 Å². The first-order valence-electron chi connectivity index (χ1n) is 8.27. The number of carbonyl (C=O) groups is 1. The largest absolute Gasteiger partial charge is 0.341 e. The van der Waals surface area contributed by atoms with Crippen molar-refractivity contribution in [2.75, 3.05) is 13.1 Å². The number of aryl methyl sites for hydroxylation is 1.